The van der Waals surface area contributed by atoms with Crippen LogP contribution in [0.25, 0.3) is 0 Å². The van der Waals surface area contributed by atoms with Gasteiger partial charge < -0.3 is 15.4 Å². The van der Waals surface area contributed by atoms with Gasteiger partial charge in [0.25, 0.3) is 5.91 Å². The van der Waals surface area contributed by atoms with Crippen molar-refractivity contribution in [1.82, 2.24) is 30.9 Å². The molecule has 1 heterocycles. The van der Waals surface area contributed by atoms with E-state index >= 15 is 0 Å². The van der Waals surface area contributed by atoms with E-state index in [1.54, 1.807) is 27.2 Å². The standard InChI is InChI=1S/C12H22N6O3/c1-4-14-12(20)15-11(19)9(2)18-8-10(16-17-18)7-13-5-6-21-3/h8-9,13H,4-7H2,1-3H3,(H2,14,15,19,20). The number of amides is 3. The zero-order valence-electron chi connectivity index (χ0n) is 12.5. The van der Waals surface area contributed by atoms with Gasteiger partial charge in [-0.3, -0.25) is 10.1 Å². The third-order valence-electron chi connectivity index (χ3n) is 2.70. The van der Waals surface area contributed by atoms with E-state index in [0.717, 1.165) is 0 Å². The first-order chi connectivity index (χ1) is 10.1. The third kappa shape index (κ3) is 5.88. The van der Waals surface area contributed by atoms with Gasteiger partial charge in [0.05, 0.1) is 18.5 Å². The molecule has 0 aliphatic heterocycles. The number of carbonyl (C=O) groups excluding carboxylic acids is 2. The molecule has 0 aliphatic rings. The maximum atomic E-state index is 11.8. The molecule has 0 spiro atoms. The second kappa shape index (κ2) is 9.03. The van der Waals surface area contributed by atoms with Crippen molar-refractivity contribution in [3.8, 4) is 0 Å². The fraction of sp³-hybridized carbons (Fsp3) is 0.667. The van der Waals surface area contributed by atoms with E-state index < -0.39 is 18.0 Å². The summed E-state index contributed by atoms with van der Waals surface area (Å²) in [6.45, 7) is 5.72. The lowest BCUT2D eigenvalue weighted by Gasteiger charge is -2.11. The number of aromatic nitrogens is 3. The van der Waals surface area contributed by atoms with Crippen LogP contribution in [0.2, 0.25) is 0 Å². The summed E-state index contributed by atoms with van der Waals surface area (Å²) in [6.07, 6.45) is 1.67. The Morgan fingerprint density at radius 2 is 2.24 bits per heavy atom. The lowest BCUT2D eigenvalue weighted by molar-refractivity contribution is -0.123. The van der Waals surface area contributed by atoms with E-state index in [4.69, 9.17) is 4.74 Å². The Balaban J connectivity index is 2.47. The van der Waals surface area contributed by atoms with Crippen LogP contribution in [0, 0.1) is 0 Å². The van der Waals surface area contributed by atoms with Crippen LogP contribution in [-0.2, 0) is 16.1 Å². The highest BCUT2D eigenvalue weighted by Crippen LogP contribution is 2.04. The molecule has 0 saturated heterocycles. The van der Waals surface area contributed by atoms with Crippen molar-refractivity contribution in [3.05, 3.63) is 11.9 Å². The summed E-state index contributed by atoms with van der Waals surface area (Å²) in [6, 6.07) is -1.14. The number of ether oxygens (including phenoxy) is 1. The summed E-state index contributed by atoms with van der Waals surface area (Å²) in [5, 5.41) is 15.7. The minimum atomic E-state index is -0.618. The quantitative estimate of drug-likeness (QED) is 0.554. The van der Waals surface area contributed by atoms with Crippen LogP contribution < -0.4 is 16.0 Å². The number of nitrogens with zero attached hydrogens (tertiary/aromatic N) is 3. The molecule has 0 fully saturated rings. The Hall–Kier alpha value is -2.00. The second-order valence-electron chi connectivity index (χ2n) is 4.38. The Morgan fingerprint density at radius 1 is 1.48 bits per heavy atom. The first kappa shape index (κ1) is 17.1. The van der Waals surface area contributed by atoms with Gasteiger partial charge >= 0.3 is 6.03 Å². The van der Waals surface area contributed by atoms with Gasteiger partial charge in [-0.2, -0.15) is 0 Å². The number of hydrogen-bond donors (Lipinski definition) is 3. The fourth-order valence-corrected chi connectivity index (χ4v) is 1.52. The van der Waals surface area contributed by atoms with Crippen molar-refractivity contribution < 1.29 is 14.3 Å². The third-order valence-corrected chi connectivity index (χ3v) is 2.70. The Kier molecular flexibility index (Phi) is 7.33. The number of carbonyl (C=O) groups is 2. The maximum Gasteiger partial charge on any atom is 0.321 e. The molecule has 1 atom stereocenters. The molecule has 1 rings (SSSR count). The van der Waals surface area contributed by atoms with Gasteiger partial charge in [0.2, 0.25) is 0 Å². The van der Waals surface area contributed by atoms with E-state index in [-0.39, 0.29) is 0 Å². The van der Waals surface area contributed by atoms with E-state index in [0.29, 0.717) is 31.9 Å². The van der Waals surface area contributed by atoms with Gasteiger partial charge in [0, 0.05) is 26.7 Å². The monoisotopic (exact) mass is 298 g/mol. The van der Waals surface area contributed by atoms with Crippen molar-refractivity contribution in [3.63, 3.8) is 0 Å². The van der Waals surface area contributed by atoms with E-state index in [9.17, 15) is 9.59 Å². The van der Waals surface area contributed by atoms with Gasteiger partial charge in [0.15, 0.2) is 0 Å². The summed E-state index contributed by atoms with van der Waals surface area (Å²) >= 11 is 0. The molecule has 0 radical (unpaired) electrons. The van der Waals surface area contributed by atoms with Crippen LogP contribution in [0.1, 0.15) is 25.6 Å². The van der Waals surface area contributed by atoms with Gasteiger partial charge in [-0.15, -0.1) is 5.10 Å². The van der Waals surface area contributed by atoms with Crippen LogP contribution >= 0.6 is 0 Å². The molecule has 9 nitrogen and oxygen atoms in total. The molecule has 1 unspecified atom stereocenters. The molecule has 0 aromatic carbocycles. The summed E-state index contributed by atoms with van der Waals surface area (Å²) in [5.41, 5.74) is 0.712. The smallest absolute Gasteiger partial charge is 0.321 e. The number of rotatable bonds is 8. The molecule has 3 amide bonds. The zero-order valence-corrected chi connectivity index (χ0v) is 12.5. The molecular weight excluding hydrogens is 276 g/mol. The van der Waals surface area contributed by atoms with Gasteiger partial charge in [-0.25, -0.2) is 9.48 Å². The van der Waals surface area contributed by atoms with Crippen LogP contribution in [0.15, 0.2) is 6.20 Å². The molecule has 9 heteroatoms. The highest BCUT2D eigenvalue weighted by atomic mass is 16.5. The Morgan fingerprint density at radius 3 is 2.90 bits per heavy atom. The number of imide groups is 1. The number of hydrogen-bond acceptors (Lipinski definition) is 6. The summed E-state index contributed by atoms with van der Waals surface area (Å²) < 4.78 is 6.34. The lowest BCUT2D eigenvalue weighted by atomic mass is 10.3. The first-order valence-electron chi connectivity index (χ1n) is 6.77. The molecule has 1 aromatic rings. The van der Waals surface area contributed by atoms with Crippen molar-refractivity contribution in [2.75, 3.05) is 26.8 Å². The molecule has 0 aliphatic carbocycles. The largest absolute Gasteiger partial charge is 0.383 e. The second-order valence-corrected chi connectivity index (χ2v) is 4.38. The van der Waals surface area contributed by atoms with E-state index in [1.165, 1.54) is 4.68 Å². The van der Waals surface area contributed by atoms with Gasteiger partial charge in [-0.05, 0) is 13.8 Å². The average molecular weight is 298 g/mol. The minimum absolute atomic E-state index is 0.440. The summed E-state index contributed by atoms with van der Waals surface area (Å²) in [5.74, 6) is -0.440. The predicted molar refractivity (Wildman–Crippen MR) is 75.5 cm³/mol. The number of methoxy groups -OCH3 is 1. The van der Waals surface area contributed by atoms with Crippen molar-refractivity contribution >= 4 is 11.9 Å². The van der Waals surface area contributed by atoms with E-state index in [2.05, 4.69) is 26.3 Å². The SMILES string of the molecule is CCNC(=O)NC(=O)C(C)n1cc(CNCCOC)nn1. The van der Waals surface area contributed by atoms with Crippen molar-refractivity contribution in [2.24, 2.45) is 0 Å². The highest BCUT2D eigenvalue weighted by Gasteiger charge is 2.18. The molecule has 21 heavy (non-hydrogen) atoms. The normalized spacial score (nSPS) is 12.0. The highest BCUT2D eigenvalue weighted by molar-refractivity contribution is 5.95. The number of urea groups is 1. The molecule has 0 saturated carbocycles. The van der Waals surface area contributed by atoms with Crippen LogP contribution in [0.4, 0.5) is 4.79 Å². The van der Waals surface area contributed by atoms with Gasteiger partial charge in [0.1, 0.15) is 6.04 Å². The van der Waals surface area contributed by atoms with Gasteiger partial charge in [-0.1, -0.05) is 5.21 Å². The average Bonchev–Trinajstić information content (AvgIpc) is 2.91. The summed E-state index contributed by atoms with van der Waals surface area (Å²) in [4.78, 5) is 23.1. The van der Waals surface area contributed by atoms with Crippen LogP contribution in [0.3, 0.4) is 0 Å². The Bertz CT molecular complexity index is 462. The molecule has 0 bridgehead atoms. The first-order valence-corrected chi connectivity index (χ1v) is 6.77. The molecule has 118 valence electrons. The fourth-order valence-electron chi connectivity index (χ4n) is 1.52. The minimum Gasteiger partial charge on any atom is -0.383 e. The topological polar surface area (TPSA) is 110 Å². The van der Waals surface area contributed by atoms with Crippen molar-refractivity contribution in [1.29, 1.82) is 0 Å². The summed E-state index contributed by atoms with van der Waals surface area (Å²) in [7, 11) is 1.63. The van der Waals surface area contributed by atoms with Crippen molar-refractivity contribution in [2.45, 2.75) is 26.4 Å². The van der Waals surface area contributed by atoms with Crippen LogP contribution in [0.5, 0.6) is 0 Å². The maximum absolute atomic E-state index is 11.8. The van der Waals surface area contributed by atoms with E-state index in [1.807, 2.05) is 0 Å². The molecular formula is C12H22N6O3. The number of nitrogens with one attached hydrogen (secondary N) is 3. The predicted octanol–water partition coefficient (Wildman–Crippen LogP) is -0.579. The zero-order chi connectivity index (χ0) is 15.7. The van der Waals surface area contributed by atoms with Crippen LogP contribution in [-0.4, -0.2) is 53.7 Å². The Labute approximate surface area is 123 Å². The molecule has 3 N–H and O–H groups in total. The molecule has 1 aromatic heterocycles. The lowest BCUT2D eigenvalue weighted by Crippen LogP contribution is -2.42.